The first-order chi connectivity index (χ1) is 11.5. The lowest BCUT2D eigenvalue weighted by Gasteiger charge is -2.03. The number of hydrogen-bond donors (Lipinski definition) is 1. The van der Waals surface area contributed by atoms with Crippen molar-refractivity contribution in [1.29, 1.82) is 0 Å². The molecule has 0 bridgehead atoms. The van der Waals surface area contributed by atoms with Gasteiger partial charge in [0.05, 0.1) is 18.0 Å². The summed E-state index contributed by atoms with van der Waals surface area (Å²) >= 11 is 0. The van der Waals surface area contributed by atoms with Crippen LogP contribution in [0.4, 0.5) is 0 Å². The molecule has 0 saturated carbocycles. The molecule has 3 aromatic heterocycles. The molecule has 3 aromatic rings. The number of furan rings is 1. The molecule has 0 aliphatic carbocycles. The summed E-state index contributed by atoms with van der Waals surface area (Å²) in [5.41, 5.74) is 5.81. The van der Waals surface area contributed by atoms with Crippen LogP contribution in [0.2, 0.25) is 0 Å². The highest BCUT2D eigenvalue weighted by Gasteiger charge is 2.13. The highest BCUT2D eigenvalue weighted by molar-refractivity contribution is 5.95. The Labute approximate surface area is 138 Å². The average Bonchev–Trinajstić information content (AvgIpc) is 3.20. The lowest BCUT2D eigenvalue weighted by atomic mass is 10.2. The zero-order valence-corrected chi connectivity index (χ0v) is 14.0. The normalized spacial score (nSPS) is 11.3. The fourth-order valence-electron chi connectivity index (χ4n) is 2.57. The van der Waals surface area contributed by atoms with E-state index in [0.29, 0.717) is 11.3 Å². The molecule has 7 heteroatoms. The van der Waals surface area contributed by atoms with Crippen LogP contribution in [0.5, 0.6) is 0 Å². The monoisotopic (exact) mass is 326 g/mol. The Morgan fingerprint density at radius 2 is 2.08 bits per heavy atom. The lowest BCUT2D eigenvalue weighted by molar-refractivity contribution is 0.0953. The van der Waals surface area contributed by atoms with Crippen LogP contribution in [0, 0.1) is 27.7 Å². The standard InChI is InChI=1S/C17H18N4O3/c1-10-7-14(12(3)21(10)16-8-11(2)24-20-16)9-18-19-17(22)15-5-6-23-13(15)4/h5-9H,1-4H3,(H,19,22)/b18-9-. The first kappa shape index (κ1) is 15.8. The van der Waals surface area contributed by atoms with Gasteiger partial charge in [0.25, 0.3) is 5.91 Å². The van der Waals surface area contributed by atoms with Crippen LogP contribution in [0.3, 0.4) is 0 Å². The van der Waals surface area contributed by atoms with Gasteiger partial charge in [-0.1, -0.05) is 5.16 Å². The third-order valence-electron chi connectivity index (χ3n) is 3.79. The summed E-state index contributed by atoms with van der Waals surface area (Å²) in [6, 6.07) is 5.45. The van der Waals surface area contributed by atoms with Crippen LogP contribution in [-0.2, 0) is 0 Å². The minimum Gasteiger partial charge on any atom is -0.469 e. The molecular formula is C17H18N4O3. The van der Waals surface area contributed by atoms with E-state index in [1.54, 1.807) is 19.2 Å². The molecule has 0 atom stereocenters. The topological polar surface area (TPSA) is 85.6 Å². The van der Waals surface area contributed by atoms with Gasteiger partial charge in [-0.05, 0) is 39.8 Å². The molecule has 7 nitrogen and oxygen atoms in total. The molecule has 0 spiro atoms. The van der Waals surface area contributed by atoms with Gasteiger partial charge in [-0.25, -0.2) is 5.43 Å². The number of amides is 1. The largest absolute Gasteiger partial charge is 0.469 e. The number of carbonyl (C=O) groups is 1. The fourth-order valence-corrected chi connectivity index (χ4v) is 2.57. The zero-order valence-electron chi connectivity index (χ0n) is 14.0. The van der Waals surface area contributed by atoms with Gasteiger partial charge in [-0.3, -0.25) is 9.36 Å². The van der Waals surface area contributed by atoms with Crippen LogP contribution < -0.4 is 5.43 Å². The third-order valence-corrected chi connectivity index (χ3v) is 3.79. The number of nitrogens with zero attached hydrogens (tertiary/aromatic N) is 3. The van der Waals surface area contributed by atoms with Gasteiger partial charge in [0.15, 0.2) is 5.82 Å². The second-order valence-electron chi connectivity index (χ2n) is 5.55. The molecule has 0 unspecified atom stereocenters. The minimum absolute atomic E-state index is 0.307. The number of hydrazone groups is 1. The number of rotatable bonds is 4. The summed E-state index contributed by atoms with van der Waals surface area (Å²) in [6.07, 6.45) is 3.08. The van der Waals surface area contributed by atoms with Crippen molar-refractivity contribution in [3.8, 4) is 5.82 Å². The average molecular weight is 326 g/mol. The Bertz CT molecular complexity index is 914. The SMILES string of the molecule is Cc1cc(-n2c(C)cc(/C=N\NC(=O)c3ccoc3C)c2C)no1. The molecule has 124 valence electrons. The van der Waals surface area contributed by atoms with Crippen LogP contribution in [0.1, 0.15) is 38.8 Å². The Hall–Kier alpha value is -3.09. The highest BCUT2D eigenvalue weighted by atomic mass is 16.5. The predicted molar refractivity (Wildman–Crippen MR) is 88.5 cm³/mol. The van der Waals surface area contributed by atoms with E-state index >= 15 is 0 Å². The smallest absolute Gasteiger partial charge is 0.274 e. The van der Waals surface area contributed by atoms with Gasteiger partial charge in [0.2, 0.25) is 0 Å². The molecule has 0 aliphatic rings. The quantitative estimate of drug-likeness (QED) is 0.590. The molecule has 1 amide bonds. The number of carbonyl (C=O) groups excluding carboxylic acids is 1. The lowest BCUT2D eigenvalue weighted by Crippen LogP contribution is -2.17. The molecule has 3 heterocycles. The van der Waals surface area contributed by atoms with Crippen LogP contribution >= 0.6 is 0 Å². The van der Waals surface area contributed by atoms with Gasteiger partial charge in [0, 0.05) is 23.0 Å². The van der Waals surface area contributed by atoms with Crippen molar-refractivity contribution in [1.82, 2.24) is 15.1 Å². The molecule has 3 rings (SSSR count). The highest BCUT2D eigenvalue weighted by Crippen LogP contribution is 2.19. The summed E-state index contributed by atoms with van der Waals surface area (Å²) in [5.74, 6) is 1.72. The summed E-state index contributed by atoms with van der Waals surface area (Å²) in [6.45, 7) is 7.51. The van der Waals surface area contributed by atoms with Crippen LogP contribution in [-0.4, -0.2) is 21.8 Å². The molecule has 0 fully saturated rings. The van der Waals surface area contributed by atoms with E-state index < -0.39 is 0 Å². The second-order valence-corrected chi connectivity index (χ2v) is 5.55. The first-order valence-electron chi connectivity index (χ1n) is 7.47. The van der Waals surface area contributed by atoms with Crippen LogP contribution in [0.25, 0.3) is 5.82 Å². The summed E-state index contributed by atoms with van der Waals surface area (Å²) in [7, 11) is 0. The Kier molecular flexibility index (Phi) is 4.07. The van der Waals surface area contributed by atoms with Crippen molar-refractivity contribution in [2.75, 3.05) is 0 Å². The van der Waals surface area contributed by atoms with E-state index in [0.717, 1.165) is 28.5 Å². The number of aromatic nitrogens is 2. The van der Waals surface area contributed by atoms with E-state index in [4.69, 9.17) is 8.94 Å². The Morgan fingerprint density at radius 1 is 1.29 bits per heavy atom. The molecular weight excluding hydrogens is 308 g/mol. The van der Waals surface area contributed by atoms with E-state index in [9.17, 15) is 4.79 Å². The van der Waals surface area contributed by atoms with E-state index in [1.165, 1.54) is 6.26 Å². The summed E-state index contributed by atoms with van der Waals surface area (Å²) < 4.78 is 12.2. The Morgan fingerprint density at radius 3 is 2.71 bits per heavy atom. The van der Waals surface area contributed by atoms with Crippen molar-refractivity contribution in [2.45, 2.75) is 27.7 Å². The fraction of sp³-hybridized carbons (Fsp3) is 0.235. The van der Waals surface area contributed by atoms with E-state index in [2.05, 4.69) is 15.7 Å². The summed E-state index contributed by atoms with van der Waals surface area (Å²) in [4.78, 5) is 12.0. The molecule has 0 aromatic carbocycles. The van der Waals surface area contributed by atoms with E-state index in [-0.39, 0.29) is 5.91 Å². The number of hydrogen-bond acceptors (Lipinski definition) is 5. The maximum atomic E-state index is 12.0. The second kappa shape index (κ2) is 6.19. The number of aryl methyl sites for hydroxylation is 3. The predicted octanol–water partition coefficient (Wildman–Crippen LogP) is 3.06. The van der Waals surface area contributed by atoms with Gasteiger partial charge in [0.1, 0.15) is 11.5 Å². The van der Waals surface area contributed by atoms with E-state index in [1.807, 2.05) is 37.5 Å². The molecule has 24 heavy (non-hydrogen) atoms. The zero-order chi connectivity index (χ0) is 17.3. The molecule has 0 radical (unpaired) electrons. The van der Waals surface area contributed by atoms with Gasteiger partial charge in [-0.15, -0.1) is 0 Å². The molecule has 0 saturated heterocycles. The maximum absolute atomic E-state index is 12.0. The van der Waals surface area contributed by atoms with Crippen LogP contribution in [0.15, 0.2) is 38.5 Å². The Balaban J connectivity index is 1.79. The van der Waals surface area contributed by atoms with Gasteiger partial charge < -0.3 is 8.94 Å². The molecule has 1 N–H and O–H groups in total. The summed E-state index contributed by atoms with van der Waals surface area (Å²) in [5, 5.41) is 8.07. The van der Waals surface area contributed by atoms with Gasteiger partial charge >= 0.3 is 0 Å². The van der Waals surface area contributed by atoms with Crippen molar-refractivity contribution in [3.63, 3.8) is 0 Å². The first-order valence-corrected chi connectivity index (χ1v) is 7.47. The molecule has 0 aliphatic heterocycles. The maximum Gasteiger partial charge on any atom is 0.274 e. The number of nitrogens with one attached hydrogen (secondary N) is 1. The minimum atomic E-state index is -0.307. The third kappa shape index (κ3) is 2.88. The van der Waals surface area contributed by atoms with Crippen molar-refractivity contribution < 1.29 is 13.7 Å². The van der Waals surface area contributed by atoms with Crippen molar-refractivity contribution in [2.24, 2.45) is 5.10 Å². The van der Waals surface area contributed by atoms with Crippen molar-refractivity contribution in [3.05, 3.63) is 58.5 Å². The van der Waals surface area contributed by atoms with Gasteiger partial charge in [-0.2, -0.15) is 5.10 Å². The van der Waals surface area contributed by atoms with Crippen molar-refractivity contribution >= 4 is 12.1 Å².